The minimum absolute atomic E-state index is 0.0461. The van der Waals surface area contributed by atoms with E-state index in [0.29, 0.717) is 22.3 Å². The van der Waals surface area contributed by atoms with Crippen molar-refractivity contribution < 1.29 is 51.6 Å². The Labute approximate surface area is 262 Å². The first-order valence-corrected chi connectivity index (χ1v) is 18.1. The van der Waals surface area contributed by atoms with Crippen molar-refractivity contribution >= 4 is 62.2 Å². The van der Waals surface area contributed by atoms with E-state index in [1.54, 1.807) is 4.90 Å². The van der Waals surface area contributed by atoms with E-state index in [2.05, 4.69) is 29.6 Å². The molecule has 3 saturated carbocycles. The first-order chi connectivity index (χ1) is 21.8. The molecule has 3 aliphatic carbocycles. The second-order valence-electron chi connectivity index (χ2n) is 12.4. The summed E-state index contributed by atoms with van der Waals surface area (Å²) in [5.74, 6) is -1.26. The molecule has 46 heavy (non-hydrogen) atoms. The standard InChI is InChI=1S/C23H27N9O11P2S/c24-18-12-11(26-5-27-18)15(46-31-12)9-1-8-10(41-9)3-39-45(37,38)43-23-16-7(2-22(16,23)4-40-44(35,36)42-8)14(17(23)33)32-6-28-13-19(32)29-21(25)30-20(13)34/h5-10,13-14,16-17,19,33H,1-4H2,(H,35,36)(H,37,38)(H2,24,26,27)(H3,25,29,30,34)/t7-,8+,9-,10-,13?,14-,16+,17+,19?,22+,23-/m1/s1. The molecule has 4 unspecified atom stereocenters. The van der Waals surface area contributed by atoms with Crippen LogP contribution in [0, 0.1) is 17.3 Å². The quantitative estimate of drug-likeness (QED) is 0.200. The van der Waals surface area contributed by atoms with Crippen molar-refractivity contribution in [2.45, 2.75) is 61.1 Å². The number of anilines is 1. The minimum atomic E-state index is -4.89. The van der Waals surface area contributed by atoms with Gasteiger partial charge in [-0.1, -0.05) is 0 Å². The second-order valence-corrected chi connectivity index (χ2v) is 16.0. The van der Waals surface area contributed by atoms with Gasteiger partial charge in [-0.3, -0.25) is 33.2 Å². The molecule has 2 spiro atoms. The molecule has 7 aliphatic rings. The zero-order chi connectivity index (χ0) is 32.0. The Kier molecular flexibility index (Phi) is 6.07. The van der Waals surface area contributed by atoms with E-state index in [1.807, 2.05) is 0 Å². The fourth-order valence-electron chi connectivity index (χ4n) is 8.51. The molecule has 2 aromatic heterocycles. The SMILES string of the molecule is NC1=NC2C(N=CN2[C@@H]2[C@H]3C[C@@]45COP(=O)(O)O[C@H]6C[C@H](c7snc8c(N)ncnc78)O[C@@H]6COP(=O)(O)O[C@@]4([C@H]2O)[C@@H]35)C(=O)N1. The third-order valence-electron chi connectivity index (χ3n) is 10.3. The summed E-state index contributed by atoms with van der Waals surface area (Å²) in [5, 5.41) is 14.2. The molecule has 2 aromatic rings. The molecule has 2 saturated heterocycles. The molecule has 5 fully saturated rings. The third kappa shape index (κ3) is 3.90. The molecular formula is C23H27N9O11P2S. The summed E-state index contributed by atoms with van der Waals surface area (Å²) in [7, 11) is -9.62. The Morgan fingerprint density at radius 3 is 2.78 bits per heavy atom. The number of nitrogens with zero attached hydrogens (tertiary/aromatic N) is 6. The van der Waals surface area contributed by atoms with E-state index in [-0.39, 0.29) is 24.1 Å². The van der Waals surface area contributed by atoms with E-state index in [1.165, 1.54) is 12.7 Å². The fraction of sp³-hybridized carbons (Fsp3) is 0.652. The van der Waals surface area contributed by atoms with Crippen LogP contribution in [0.15, 0.2) is 16.3 Å². The van der Waals surface area contributed by atoms with Gasteiger partial charge in [0.05, 0.1) is 36.6 Å². The summed E-state index contributed by atoms with van der Waals surface area (Å²) in [6.45, 7) is -0.970. The van der Waals surface area contributed by atoms with Crippen LogP contribution in [-0.2, 0) is 36.8 Å². The lowest BCUT2D eigenvalue weighted by atomic mass is 9.67. The summed E-state index contributed by atoms with van der Waals surface area (Å²) in [5.41, 5.74) is 9.75. The van der Waals surface area contributed by atoms with Crippen molar-refractivity contribution in [3.63, 3.8) is 0 Å². The lowest BCUT2D eigenvalue weighted by Crippen LogP contribution is -2.62. The summed E-state index contributed by atoms with van der Waals surface area (Å²) in [6, 6.07) is -1.62. The molecular weight excluding hydrogens is 672 g/mol. The van der Waals surface area contributed by atoms with Crippen LogP contribution in [0.5, 0.6) is 0 Å². The Morgan fingerprint density at radius 1 is 1.13 bits per heavy atom. The number of carbonyl (C=O) groups is 1. The van der Waals surface area contributed by atoms with Crippen LogP contribution in [0.25, 0.3) is 11.0 Å². The van der Waals surface area contributed by atoms with Crippen molar-refractivity contribution in [2.75, 3.05) is 18.9 Å². The van der Waals surface area contributed by atoms with Crippen molar-refractivity contribution in [3.8, 4) is 0 Å². The first kappa shape index (κ1) is 29.5. The number of nitrogens with two attached hydrogens (primary N) is 2. The second kappa shape index (κ2) is 9.48. The average Bonchev–Trinajstić information content (AvgIpc) is 3.57. The molecule has 9 rings (SSSR count). The number of hydrogen-bond acceptors (Lipinski definition) is 18. The molecule has 20 nitrogen and oxygen atoms in total. The zero-order valence-corrected chi connectivity index (χ0v) is 26.0. The number of carbonyl (C=O) groups excluding carboxylic acids is 1. The molecule has 8 N–H and O–H groups in total. The van der Waals surface area contributed by atoms with Crippen LogP contribution < -0.4 is 16.8 Å². The van der Waals surface area contributed by atoms with Gasteiger partial charge in [-0.15, -0.1) is 0 Å². The number of phosphoric acid groups is 2. The first-order valence-electron chi connectivity index (χ1n) is 14.3. The van der Waals surface area contributed by atoms with E-state index in [0.717, 1.165) is 11.5 Å². The maximum absolute atomic E-state index is 13.5. The van der Waals surface area contributed by atoms with Gasteiger partial charge in [0.1, 0.15) is 41.3 Å². The van der Waals surface area contributed by atoms with Gasteiger partial charge in [0.2, 0.25) is 0 Å². The maximum Gasteiger partial charge on any atom is 0.472 e. The molecule has 4 aliphatic heterocycles. The Morgan fingerprint density at radius 2 is 1.96 bits per heavy atom. The number of aromatic nitrogens is 3. The summed E-state index contributed by atoms with van der Waals surface area (Å²) in [4.78, 5) is 53.1. The molecule has 1 amide bonds. The smallest absolute Gasteiger partial charge is 0.388 e. The number of nitrogens with one attached hydrogen (secondary N) is 1. The number of aliphatic hydroxyl groups is 1. The topological polar surface area (TPSA) is 289 Å². The fourth-order valence-corrected chi connectivity index (χ4v) is 11.6. The minimum Gasteiger partial charge on any atom is -0.388 e. The largest absolute Gasteiger partial charge is 0.472 e. The Balaban J connectivity index is 0.995. The molecule has 23 heteroatoms. The van der Waals surface area contributed by atoms with Gasteiger partial charge in [-0.05, 0) is 23.9 Å². The van der Waals surface area contributed by atoms with Crippen LogP contribution in [0.2, 0.25) is 0 Å². The number of guanidine groups is 1. The van der Waals surface area contributed by atoms with Crippen LogP contribution >= 0.6 is 27.2 Å². The summed E-state index contributed by atoms with van der Waals surface area (Å²) < 4.78 is 59.5. The van der Waals surface area contributed by atoms with E-state index < -0.39 is 94.4 Å². The number of aliphatic imine (C=N–C) groups is 2. The number of aliphatic hydroxyl groups excluding tert-OH is 1. The monoisotopic (exact) mass is 699 g/mol. The third-order valence-corrected chi connectivity index (χ3v) is 13.2. The summed E-state index contributed by atoms with van der Waals surface area (Å²) >= 11 is 1.06. The average molecular weight is 700 g/mol. The van der Waals surface area contributed by atoms with E-state index in [9.17, 15) is 28.8 Å². The van der Waals surface area contributed by atoms with E-state index >= 15 is 0 Å². The van der Waals surface area contributed by atoms with Gasteiger partial charge >= 0.3 is 15.6 Å². The number of fused-ring (bicyclic) bond motifs is 3. The molecule has 246 valence electrons. The number of rotatable bonds is 2. The van der Waals surface area contributed by atoms with Crippen LogP contribution in [0.3, 0.4) is 0 Å². The highest BCUT2D eigenvalue weighted by atomic mass is 32.1. The number of phosphoric ester groups is 2. The Hall–Kier alpha value is -2.68. The van der Waals surface area contributed by atoms with Crippen LogP contribution in [-0.4, -0.2) is 108 Å². The molecule has 13 atom stereocenters. The van der Waals surface area contributed by atoms with Gasteiger partial charge in [0.15, 0.2) is 24.0 Å². The predicted octanol–water partition coefficient (Wildman–Crippen LogP) is -1.25. The van der Waals surface area contributed by atoms with Gasteiger partial charge < -0.3 is 36.0 Å². The number of hydrogen-bond donors (Lipinski definition) is 6. The maximum atomic E-state index is 13.5. The number of amides is 1. The van der Waals surface area contributed by atoms with Crippen molar-refractivity contribution in [1.29, 1.82) is 0 Å². The van der Waals surface area contributed by atoms with Gasteiger partial charge in [0, 0.05) is 17.8 Å². The van der Waals surface area contributed by atoms with Crippen LogP contribution in [0.4, 0.5) is 5.82 Å². The molecule has 0 radical (unpaired) electrons. The predicted molar refractivity (Wildman–Crippen MR) is 154 cm³/mol. The van der Waals surface area contributed by atoms with Gasteiger partial charge in [0.25, 0.3) is 5.91 Å². The number of nitrogen functional groups attached to an aromatic ring is 1. The van der Waals surface area contributed by atoms with Gasteiger partial charge in [-0.2, -0.15) is 4.37 Å². The zero-order valence-electron chi connectivity index (χ0n) is 23.4. The number of ether oxygens (including phenoxy) is 1. The van der Waals surface area contributed by atoms with Gasteiger partial charge in [-0.25, -0.2) is 24.1 Å². The van der Waals surface area contributed by atoms with Crippen molar-refractivity contribution in [1.82, 2.24) is 24.6 Å². The summed E-state index contributed by atoms with van der Waals surface area (Å²) in [6.07, 6.45) is -2.16. The van der Waals surface area contributed by atoms with E-state index in [4.69, 9.17) is 34.3 Å². The van der Waals surface area contributed by atoms with Crippen molar-refractivity contribution in [2.24, 2.45) is 33.0 Å². The lowest BCUT2D eigenvalue weighted by molar-refractivity contribution is -0.124. The van der Waals surface area contributed by atoms with Crippen molar-refractivity contribution in [3.05, 3.63) is 11.2 Å². The lowest BCUT2D eigenvalue weighted by Gasteiger charge is -2.48. The normalized spacial score (nSPS) is 49.1. The molecule has 0 aromatic carbocycles. The molecule has 0 bridgehead atoms. The Bertz CT molecular complexity index is 1850. The molecule has 6 heterocycles. The highest BCUT2D eigenvalue weighted by Gasteiger charge is 2.96. The highest BCUT2D eigenvalue weighted by molar-refractivity contribution is 7.47. The van der Waals surface area contributed by atoms with Crippen LogP contribution in [0.1, 0.15) is 23.8 Å². The highest BCUT2D eigenvalue weighted by Crippen LogP contribution is 2.88.